The second-order valence-electron chi connectivity index (χ2n) is 8.36. The number of nitrogens with zero attached hydrogens (tertiary/aromatic N) is 5. The minimum absolute atomic E-state index is 0.134. The molecule has 0 unspecified atom stereocenters. The maximum absolute atomic E-state index is 14.2. The summed E-state index contributed by atoms with van der Waals surface area (Å²) >= 11 is 1.14. The molecule has 2 aromatic carbocycles. The average molecular weight is 546 g/mol. The highest BCUT2D eigenvalue weighted by atomic mass is 32.2. The van der Waals surface area contributed by atoms with Crippen LogP contribution in [0.4, 0.5) is 4.39 Å². The van der Waals surface area contributed by atoms with Crippen LogP contribution in [-0.4, -0.2) is 72.6 Å². The monoisotopic (exact) mass is 545 g/mol. The number of hydrogen-bond acceptors (Lipinski definition) is 9. The van der Waals surface area contributed by atoms with Crippen molar-refractivity contribution < 1.29 is 22.3 Å². The molecular weight excluding hydrogens is 521 g/mol. The molecule has 0 aliphatic carbocycles. The van der Waals surface area contributed by atoms with E-state index in [1.165, 1.54) is 47.3 Å². The summed E-state index contributed by atoms with van der Waals surface area (Å²) in [7, 11) is -0.769. The SMILES string of the molecule is COc1ccc(S(=O)(=O)N2CCN(Cc3cc(=O)n4nc(-c5ccccc5F)sc4n3)CC2)cc1OC. The van der Waals surface area contributed by atoms with Gasteiger partial charge in [-0.05, 0) is 24.3 Å². The zero-order valence-corrected chi connectivity index (χ0v) is 21.8. The van der Waals surface area contributed by atoms with Gasteiger partial charge in [-0.3, -0.25) is 9.69 Å². The van der Waals surface area contributed by atoms with Crippen LogP contribution in [0.5, 0.6) is 11.5 Å². The molecule has 0 N–H and O–H groups in total. The summed E-state index contributed by atoms with van der Waals surface area (Å²) < 4.78 is 53.6. The maximum Gasteiger partial charge on any atom is 0.275 e. The van der Waals surface area contributed by atoms with Crippen molar-refractivity contribution in [2.24, 2.45) is 0 Å². The van der Waals surface area contributed by atoms with Crippen molar-refractivity contribution in [3.05, 3.63) is 70.4 Å². The van der Waals surface area contributed by atoms with Crippen molar-refractivity contribution >= 4 is 26.3 Å². The van der Waals surface area contributed by atoms with Crippen molar-refractivity contribution in [2.45, 2.75) is 11.4 Å². The van der Waals surface area contributed by atoms with Crippen LogP contribution >= 0.6 is 11.3 Å². The van der Waals surface area contributed by atoms with Crippen LogP contribution in [0.2, 0.25) is 0 Å². The van der Waals surface area contributed by atoms with Crippen molar-refractivity contribution in [1.82, 2.24) is 23.8 Å². The normalized spacial score (nSPS) is 15.2. The van der Waals surface area contributed by atoms with Gasteiger partial charge < -0.3 is 9.47 Å². The van der Waals surface area contributed by atoms with Gasteiger partial charge in [0.25, 0.3) is 5.56 Å². The third kappa shape index (κ3) is 4.94. The van der Waals surface area contributed by atoms with E-state index >= 15 is 0 Å². The van der Waals surface area contributed by atoms with E-state index in [9.17, 15) is 17.6 Å². The first kappa shape index (κ1) is 25.3. The lowest BCUT2D eigenvalue weighted by Crippen LogP contribution is -2.48. The second-order valence-corrected chi connectivity index (χ2v) is 11.3. The van der Waals surface area contributed by atoms with Gasteiger partial charge in [0.15, 0.2) is 16.5 Å². The Hall–Kier alpha value is -3.39. The highest BCUT2D eigenvalue weighted by Crippen LogP contribution is 2.31. The topological polar surface area (TPSA) is 106 Å². The van der Waals surface area contributed by atoms with Crippen LogP contribution in [0.15, 0.2) is 58.2 Å². The third-order valence-electron chi connectivity index (χ3n) is 6.11. The van der Waals surface area contributed by atoms with Gasteiger partial charge in [-0.25, -0.2) is 17.8 Å². The van der Waals surface area contributed by atoms with E-state index in [4.69, 9.17) is 9.47 Å². The molecule has 0 atom stereocenters. The molecule has 0 bridgehead atoms. The molecule has 5 rings (SSSR count). The standard InChI is InChI=1S/C24H24FN5O5S2/c1-34-20-8-7-17(14-21(20)35-2)37(32,33)29-11-9-28(10-12-29)15-16-13-22(31)30-24(26-16)36-23(27-30)18-5-3-4-6-19(18)25/h3-8,13-14H,9-12,15H2,1-2H3. The first-order valence-electron chi connectivity index (χ1n) is 11.4. The number of sulfonamides is 1. The van der Waals surface area contributed by atoms with Crippen LogP contribution in [0.1, 0.15) is 5.69 Å². The number of methoxy groups -OCH3 is 2. The number of fused-ring (bicyclic) bond motifs is 1. The van der Waals surface area contributed by atoms with E-state index in [1.54, 1.807) is 24.3 Å². The van der Waals surface area contributed by atoms with E-state index in [-0.39, 0.29) is 23.5 Å². The highest BCUT2D eigenvalue weighted by Gasteiger charge is 2.29. The lowest BCUT2D eigenvalue weighted by molar-refractivity contribution is 0.180. The Morgan fingerprint density at radius 2 is 1.73 bits per heavy atom. The first-order chi connectivity index (χ1) is 17.8. The van der Waals surface area contributed by atoms with Gasteiger partial charge in [0.1, 0.15) is 5.82 Å². The zero-order valence-electron chi connectivity index (χ0n) is 20.1. The van der Waals surface area contributed by atoms with E-state index in [1.807, 2.05) is 4.90 Å². The van der Waals surface area contributed by atoms with E-state index < -0.39 is 15.8 Å². The molecule has 0 amide bonds. The molecule has 0 radical (unpaired) electrons. The van der Waals surface area contributed by atoms with E-state index in [0.717, 1.165) is 11.3 Å². The molecule has 194 valence electrons. The molecule has 4 aromatic rings. The van der Waals surface area contributed by atoms with Crippen LogP contribution in [0, 0.1) is 5.82 Å². The van der Waals surface area contributed by atoms with Gasteiger partial charge in [0.2, 0.25) is 15.0 Å². The predicted molar refractivity (Wildman–Crippen MR) is 136 cm³/mol. The molecule has 1 aliphatic heterocycles. The fourth-order valence-corrected chi connectivity index (χ4v) is 6.55. The smallest absolute Gasteiger partial charge is 0.275 e. The number of halogens is 1. The first-order valence-corrected chi connectivity index (χ1v) is 13.6. The lowest BCUT2D eigenvalue weighted by atomic mass is 10.2. The van der Waals surface area contributed by atoms with Gasteiger partial charge in [0, 0.05) is 50.4 Å². The summed E-state index contributed by atoms with van der Waals surface area (Å²) in [5, 5.41) is 4.61. The Kier molecular flexibility index (Phi) is 6.94. The van der Waals surface area contributed by atoms with Gasteiger partial charge in [-0.1, -0.05) is 23.5 Å². The minimum atomic E-state index is -3.71. The molecule has 0 spiro atoms. The summed E-state index contributed by atoms with van der Waals surface area (Å²) in [6.45, 7) is 1.89. The fourth-order valence-electron chi connectivity index (χ4n) is 4.16. The molecular formula is C24H24FN5O5S2. The number of rotatable bonds is 7. The van der Waals surface area contributed by atoms with Crippen molar-refractivity contribution in [3.8, 4) is 22.1 Å². The number of benzene rings is 2. The Balaban J connectivity index is 1.29. The van der Waals surface area contributed by atoms with Gasteiger partial charge >= 0.3 is 0 Å². The van der Waals surface area contributed by atoms with Crippen LogP contribution in [-0.2, 0) is 16.6 Å². The molecule has 3 heterocycles. The number of aromatic nitrogens is 3. The van der Waals surface area contributed by atoms with Crippen molar-refractivity contribution in [3.63, 3.8) is 0 Å². The second kappa shape index (κ2) is 10.2. The molecule has 0 saturated carbocycles. The molecule has 10 nitrogen and oxygen atoms in total. The highest BCUT2D eigenvalue weighted by molar-refractivity contribution is 7.89. The van der Waals surface area contributed by atoms with Gasteiger partial charge in [-0.2, -0.15) is 13.9 Å². The Morgan fingerprint density at radius 1 is 1.00 bits per heavy atom. The summed E-state index contributed by atoms with van der Waals surface area (Å²) in [6, 6.07) is 12.2. The molecule has 1 aliphatic rings. The zero-order chi connectivity index (χ0) is 26.2. The quantitative estimate of drug-likeness (QED) is 0.349. The minimum Gasteiger partial charge on any atom is -0.493 e. The number of ether oxygens (including phenoxy) is 2. The van der Waals surface area contributed by atoms with Gasteiger partial charge in [0.05, 0.1) is 24.8 Å². The van der Waals surface area contributed by atoms with E-state index in [2.05, 4.69) is 10.1 Å². The Bertz CT molecular complexity index is 1610. The molecule has 13 heteroatoms. The van der Waals surface area contributed by atoms with Crippen LogP contribution in [0.25, 0.3) is 15.5 Å². The molecule has 1 saturated heterocycles. The molecule has 37 heavy (non-hydrogen) atoms. The summed E-state index contributed by atoms with van der Waals surface area (Å²) in [6.07, 6.45) is 0. The molecule has 1 fully saturated rings. The Labute approximate surface area is 216 Å². The maximum atomic E-state index is 14.2. The van der Waals surface area contributed by atoms with Crippen LogP contribution in [0.3, 0.4) is 0 Å². The summed E-state index contributed by atoms with van der Waals surface area (Å²) in [5.41, 5.74) is 0.504. The number of hydrogen-bond donors (Lipinski definition) is 0. The third-order valence-corrected chi connectivity index (χ3v) is 8.95. The van der Waals surface area contributed by atoms with Gasteiger partial charge in [-0.15, -0.1) is 0 Å². The Morgan fingerprint density at radius 3 is 2.43 bits per heavy atom. The average Bonchev–Trinajstić information content (AvgIpc) is 3.33. The van der Waals surface area contributed by atoms with E-state index in [0.29, 0.717) is 52.4 Å². The number of piperazine rings is 1. The molecule has 2 aromatic heterocycles. The lowest BCUT2D eigenvalue weighted by Gasteiger charge is -2.33. The summed E-state index contributed by atoms with van der Waals surface area (Å²) in [5.74, 6) is 0.375. The van der Waals surface area contributed by atoms with Crippen LogP contribution < -0.4 is 15.0 Å². The van der Waals surface area contributed by atoms with Crippen molar-refractivity contribution in [2.75, 3.05) is 40.4 Å². The predicted octanol–water partition coefficient (Wildman–Crippen LogP) is 2.48. The summed E-state index contributed by atoms with van der Waals surface area (Å²) in [4.78, 5) is 19.8. The fraction of sp³-hybridized carbons (Fsp3) is 0.292. The largest absolute Gasteiger partial charge is 0.493 e. The van der Waals surface area contributed by atoms with Crippen molar-refractivity contribution in [1.29, 1.82) is 0 Å².